The van der Waals surface area contributed by atoms with E-state index in [2.05, 4.69) is 24.1 Å². The van der Waals surface area contributed by atoms with Gasteiger partial charge in [-0.15, -0.1) is 0 Å². The van der Waals surface area contributed by atoms with Crippen molar-refractivity contribution in [3.8, 4) is 0 Å². The summed E-state index contributed by atoms with van der Waals surface area (Å²) in [7, 11) is 0. The highest BCUT2D eigenvalue weighted by Crippen LogP contribution is 2.33. The maximum absolute atomic E-state index is 3.78. The van der Waals surface area contributed by atoms with Crippen LogP contribution < -0.4 is 5.32 Å². The van der Waals surface area contributed by atoms with Crippen molar-refractivity contribution in [2.24, 2.45) is 11.8 Å². The van der Waals surface area contributed by atoms with E-state index < -0.39 is 0 Å². The monoisotopic (exact) mass is 280 g/mol. The maximum Gasteiger partial charge on any atom is 0.0108 e. The Kier molecular flexibility index (Phi) is 7.37. The Bertz CT molecular complexity index is 246. The summed E-state index contributed by atoms with van der Waals surface area (Å²) in [4.78, 5) is 2.77. The third-order valence-electron chi connectivity index (χ3n) is 5.45. The van der Waals surface area contributed by atoms with E-state index in [4.69, 9.17) is 0 Å². The molecule has 2 heteroatoms. The Morgan fingerprint density at radius 1 is 1.00 bits per heavy atom. The highest BCUT2D eigenvalue weighted by atomic mass is 15.1. The predicted octanol–water partition coefficient (Wildman–Crippen LogP) is 4.06. The van der Waals surface area contributed by atoms with Crippen LogP contribution in [0.4, 0.5) is 0 Å². The van der Waals surface area contributed by atoms with E-state index in [1.807, 2.05) is 0 Å². The third-order valence-corrected chi connectivity index (χ3v) is 5.45. The number of nitrogens with zero attached hydrogens (tertiary/aromatic N) is 1. The van der Waals surface area contributed by atoms with Crippen LogP contribution in [0.15, 0.2) is 0 Å². The van der Waals surface area contributed by atoms with Gasteiger partial charge in [-0.05, 0) is 63.6 Å². The van der Waals surface area contributed by atoms with Crippen LogP contribution in [0.3, 0.4) is 0 Å². The van der Waals surface area contributed by atoms with Crippen LogP contribution in [0.5, 0.6) is 0 Å². The lowest BCUT2D eigenvalue weighted by Crippen LogP contribution is -2.46. The standard InChI is InChI=1S/C18H36N2/c1-3-9-16-10-11-18(19-4-2)17(14-16)15-20-12-7-5-6-8-13-20/h16-19H,3-15H2,1-2H3. The molecular weight excluding hydrogens is 244 g/mol. The number of hydrogen-bond acceptors (Lipinski definition) is 2. The Labute approximate surface area is 126 Å². The molecule has 1 aliphatic carbocycles. The largest absolute Gasteiger partial charge is 0.314 e. The van der Waals surface area contributed by atoms with Gasteiger partial charge in [0.25, 0.3) is 0 Å². The van der Waals surface area contributed by atoms with Crippen LogP contribution in [0.2, 0.25) is 0 Å². The summed E-state index contributed by atoms with van der Waals surface area (Å²) in [5.41, 5.74) is 0. The molecule has 2 fully saturated rings. The zero-order valence-corrected chi connectivity index (χ0v) is 13.9. The highest BCUT2D eigenvalue weighted by Gasteiger charge is 2.30. The zero-order chi connectivity index (χ0) is 14.2. The number of hydrogen-bond donors (Lipinski definition) is 1. The molecular formula is C18H36N2. The molecule has 1 saturated carbocycles. The minimum absolute atomic E-state index is 0.788. The molecule has 3 atom stereocenters. The minimum atomic E-state index is 0.788. The average Bonchev–Trinajstić information content (AvgIpc) is 2.71. The SMILES string of the molecule is CCCC1CCC(NCC)C(CN2CCCCCC2)C1. The van der Waals surface area contributed by atoms with E-state index in [-0.39, 0.29) is 0 Å². The molecule has 2 nitrogen and oxygen atoms in total. The van der Waals surface area contributed by atoms with Gasteiger partial charge in [-0.3, -0.25) is 0 Å². The summed E-state index contributed by atoms with van der Waals surface area (Å²) >= 11 is 0. The molecule has 3 unspecified atom stereocenters. The molecule has 20 heavy (non-hydrogen) atoms. The average molecular weight is 280 g/mol. The summed E-state index contributed by atoms with van der Waals surface area (Å²) in [6.45, 7) is 9.82. The van der Waals surface area contributed by atoms with E-state index in [9.17, 15) is 0 Å². The van der Waals surface area contributed by atoms with Gasteiger partial charge in [0.1, 0.15) is 0 Å². The Morgan fingerprint density at radius 2 is 1.75 bits per heavy atom. The predicted molar refractivity (Wildman–Crippen MR) is 88.1 cm³/mol. The first kappa shape index (κ1) is 16.3. The first-order valence-corrected chi connectivity index (χ1v) is 9.29. The van der Waals surface area contributed by atoms with Crippen molar-refractivity contribution in [3.63, 3.8) is 0 Å². The van der Waals surface area contributed by atoms with Gasteiger partial charge in [0.15, 0.2) is 0 Å². The van der Waals surface area contributed by atoms with Gasteiger partial charge in [-0.1, -0.05) is 39.5 Å². The second kappa shape index (κ2) is 9.04. The van der Waals surface area contributed by atoms with Gasteiger partial charge in [0.2, 0.25) is 0 Å². The van der Waals surface area contributed by atoms with Crippen LogP contribution in [0, 0.1) is 11.8 Å². The molecule has 0 aromatic rings. The fourth-order valence-corrected chi connectivity index (χ4v) is 4.41. The topological polar surface area (TPSA) is 15.3 Å². The van der Waals surface area contributed by atoms with Crippen molar-refractivity contribution < 1.29 is 0 Å². The maximum atomic E-state index is 3.78. The van der Waals surface area contributed by atoms with Crippen LogP contribution in [0.25, 0.3) is 0 Å². The van der Waals surface area contributed by atoms with Gasteiger partial charge in [-0.2, -0.15) is 0 Å². The lowest BCUT2D eigenvalue weighted by atomic mass is 9.76. The minimum Gasteiger partial charge on any atom is -0.314 e. The first-order valence-electron chi connectivity index (χ1n) is 9.29. The molecule has 2 aliphatic rings. The van der Waals surface area contributed by atoms with E-state index in [1.54, 1.807) is 0 Å². The number of likely N-dealkylation sites (tertiary alicyclic amines) is 1. The van der Waals surface area contributed by atoms with Crippen LogP contribution in [-0.4, -0.2) is 37.1 Å². The molecule has 0 amide bonds. The fourth-order valence-electron chi connectivity index (χ4n) is 4.41. The number of rotatable bonds is 6. The zero-order valence-electron chi connectivity index (χ0n) is 13.9. The summed E-state index contributed by atoms with van der Waals surface area (Å²) in [6, 6.07) is 0.788. The molecule has 1 saturated heterocycles. The second-order valence-corrected chi connectivity index (χ2v) is 7.11. The molecule has 0 aromatic heterocycles. The fraction of sp³-hybridized carbons (Fsp3) is 1.00. The molecule has 1 N–H and O–H groups in total. The lowest BCUT2D eigenvalue weighted by molar-refractivity contribution is 0.138. The van der Waals surface area contributed by atoms with Gasteiger partial charge in [0, 0.05) is 12.6 Å². The smallest absolute Gasteiger partial charge is 0.0108 e. The van der Waals surface area contributed by atoms with Crippen molar-refractivity contribution in [2.75, 3.05) is 26.2 Å². The normalized spacial score (nSPS) is 33.0. The van der Waals surface area contributed by atoms with E-state index >= 15 is 0 Å². The van der Waals surface area contributed by atoms with E-state index in [0.717, 1.165) is 24.4 Å². The summed E-state index contributed by atoms with van der Waals surface area (Å²) in [5.74, 6) is 1.91. The van der Waals surface area contributed by atoms with Gasteiger partial charge < -0.3 is 10.2 Å². The molecule has 2 rings (SSSR count). The number of nitrogens with one attached hydrogen (secondary N) is 1. The van der Waals surface area contributed by atoms with Gasteiger partial charge >= 0.3 is 0 Å². The molecule has 1 aliphatic heterocycles. The Morgan fingerprint density at radius 3 is 2.40 bits per heavy atom. The second-order valence-electron chi connectivity index (χ2n) is 7.11. The van der Waals surface area contributed by atoms with Crippen LogP contribution in [0.1, 0.15) is 71.6 Å². The molecule has 118 valence electrons. The van der Waals surface area contributed by atoms with Gasteiger partial charge in [0.05, 0.1) is 0 Å². The van der Waals surface area contributed by atoms with Crippen molar-refractivity contribution in [1.82, 2.24) is 10.2 Å². The van der Waals surface area contributed by atoms with Crippen LogP contribution >= 0.6 is 0 Å². The molecule has 0 bridgehead atoms. The molecule has 0 radical (unpaired) electrons. The molecule has 0 aromatic carbocycles. The van der Waals surface area contributed by atoms with E-state index in [1.165, 1.54) is 77.4 Å². The highest BCUT2D eigenvalue weighted by molar-refractivity contribution is 4.86. The van der Waals surface area contributed by atoms with Gasteiger partial charge in [-0.25, -0.2) is 0 Å². The van der Waals surface area contributed by atoms with Crippen molar-refractivity contribution in [3.05, 3.63) is 0 Å². The Hall–Kier alpha value is -0.0800. The molecule has 0 spiro atoms. The van der Waals surface area contributed by atoms with E-state index in [0.29, 0.717) is 0 Å². The van der Waals surface area contributed by atoms with Crippen molar-refractivity contribution in [1.29, 1.82) is 0 Å². The summed E-state index contributed by atoms with van der Waals surface area (Å²) < 4.78 is 0. The van der Waals surface area contributed by atoms with Crippen molar-refractivity contribution in [2.45, 2.75) is 77.7 Å². The van der Waals surface area contributed by atoms with Crippen molar-refractivity contribution >= 4 is 0 Å². The Balaban J connectivity index is 1.87. The first-order chi connectivity index (χ1) is 9.83. The quantitative estimate of drug-likeness (QED) is 0.789. The third kappa shape index (κ3) is 5.04. The molecule has 1 heterocycles. The lowest BCUT2D eigenvalue weighted by Gasteiger charge is -2.39. The van der Waals surface area contributed by atoms with Crippen LogP contribution in [-0.2, 0) is 0 Å². The summed E-state index contributed by atoms with van der Waals surface area (Å²) in [6.07, 6.45) is 12.9. The summed E-state index contributed by atoms with van der Waals surface area (Å²) in [5, 5.41) is 3.78.